The Kier molecular flexibility index (Phi) is 4.89. The highest BCUT2D eigenvalue weighted by molar-refractivity contribution is 7.89. The predicted octanol–water partition coefficient (Wildman–Crippen LogP) is 3.21. The summed E-state index contributed by atoms with van der Waals surface area (Å²) in [4.78, 5) is 0.182. The second kappa shape index (κ2) is 7.37. The van der Waals surface area contributed by atoms with Crippen LogP contribution in [0.15, 0.2) is 61.1 Å². The van der Waals surface area contributed by atoms with E-state index in [2.05, 4.69) is 10.3 Å². The topological polar surface area (TPSA) is 108 Å². The van der Waals surface area contributed by atoms with Crippen LogP contribution in [0.2, 0.25) is 0 Å². The van der Waals surface area contributed by atoms with Crippen LogP contribution >= 0.6 is 0 Å². The fourth-order valence-electron chi connectivity index (χ4n) is 3.15. The molecule has 4 aromatic rings. The molecule has 0 spiro atoms. The van der Waals surface area contributed by atoms with Gasteiger partial charge in [0, 0.05) is 13.1 Å². The summed E-state index contributed by atoms with van der Waals surface area (Å²) in [6.07, 6.45) is 3.06. The third-order valence-electron chi connectivity index (χ3n) is 4.58. The number of sulfonamides is 1. The predicted molar refractivity (Wildman–Crippen MR) is 102 cm³/mol. The summed E-state index contributed by atoms with van der Waals surface area (Å²) in [6.45, 7) is 3.80. The molecular weight excluding hydrogens is 396 g/mol. The molecule has 0 aromatic carbocycles. The Hall–Kier alpha value is -3.11. The summed E-state index contributed by atoms with van der Waals surface area (Å²) in [6, 6.07) is 8.73. The van der Waals surface area contributed by atoms with E-state index in [1.165, 1.54) is 17.6 Å². The molecule has 9 nitrogen and oxygen atoms in total. The van der Waals surface area contributed by atoms with Gasteiger partial charge in [0.1, 0.15) is 16.3 Å². The van der Waals surface area contributed by atoms with Crippen molar-refractivity contribution >= 4 is 10.0 Å². The van der Waals surface area contributed by atoms with Gasteiger partial charge in [-0.2, -0.15) is 9.40 Å². The molecule has 0 saturated carbocycles. The summed E-state index contributed by atoms with van der Waals surface area (Å²) in [5.41, 5.74) is 1.55. The third-order valence-corrected chi connectivity index (χ3v) is 6.63. The maximum atomic E-state index is 13.1. The first-order valence-corrected chi connectivity index (χ1v) is 10.3. The number of nitrogens with zero attached hydrogens (tertiary/aromatic N) is 4. The molecule has 0 fully saturated rings. The fourth-order valence-corrected chi connectivity index (χ4v) is 4.65. The largest absolute Gasteiger partial charge is 0.468 e. The number of hydrogen-bond acceptors (Lipinski definition) is 7. The van der Waals surface area contributed by atoms with Crippen molar-refractivity contribution in [3.05, 3.63) is 65.7 Å². The number of aromatic nitrogens is 3. The summed E-state index contributed by atoms with van der Waals surface area (Å²) < 4.78 is 44.9. The lowest BCUT2D eigenvalue weighted by atomic mass is 10.3. The Morgan fingerprint density at radius 1 is 1.10 bits per heavy atom. The molecule has 0 aliphatic rings. The zero-order valence-electron chi connectivity index (χ0n) is 16.2. The number of hydrogen-bond donors (Lipinski definition) is 0. The van der Waals surface area contributed by atoms with E-state index >= 15 is 0 Å². The van der Waals surface area contributed by atoms with E-state index in [9.17, 15) is 8.42 Å². The molecule has 4 aromatic heterocycles. The molecule has 0 bridgehead atoms. The molecule has 4 heterocycles. The van der Waals surface area contributed by atoms with Crippen LogP contribution in [0.5, 0.6) is 0 Å². The maximum Gasteiger partial charge on any atom is 0.246 e. The van der Waals surface area contributed by atoms with Gasteiger partial charge in [-0.05, 0) is 38.1 Å². The zero-order valence-corrected chi connectivity index (χ0v) is 17.0. The zero-order chi connectivity index (χ0) is 20.6. The minimum absolute atomic E-state index is 0.134. The summed E-state index contributed by atoms with van der Waals surface area (Å²) in [7, 11) is -2.23. The lowest BCUT2D eigenvalue weighted by molar-refractivity contribution is 0.405. The van der Waals surface area contributed by atoms with Gasteiger partial charge in [-0.15, -0.1) is 0 Å². The lowest BCUT2D eigenvalue weighted by Crippen LogP contribution is -2.27. The number of furan rings is 2. The third kappa shape index (κ3) is 3.64. The van der Waals surface area contributed by atoms with Crippen LogP contribution in [-0.4, -0.2) is 34.7 Å². The molecule has 0 N–H and O–H groups in total. The Morgan fingerprint density at radius 2 is 1.86 bits per heavy atom. The van der Waals surface area contributed by atoms with Crippen LogP contribution < -0.4 is 0 Å². The minimum atomic E-state index is -3.75. The lowest BCUT2D eigenvalue weighted by Gasteiger charge is -2.16. The Labute approximate surface area is 167 Å². The fraction of sp³-hybridized carbons (Fsp3) is 0.263. The van der Waals surface area contributed by atoms with Gasteiger partial charge in [-0.3, -0.25) is 4.68 Å². The smallest absolute Gasteiger partial charge is 0.246 e. The van der Waals surface area contributed by atoms with E-state index in [1.54, 1.807) is 55.1 Å². The molecule has 0 unspecified atom stereocenters. The first-order valence-electron chi connectivity index (χ1n) is 8.88. The monoisotopic (exact) mass is 416 g/mol. The minimum Gasteiger partial charge on any atom is -0.468 e. The van der Waals surface area contributed by atoms with Crippen molar-refractivity contribution in [1.29, 1.82) is 0 Å². The van der Waals surface area contributed by atoms with Gasteiger partial charge >= 0.3 is 0 Å². The van der Waals surface area contributed by atoms with Gasteiger partial charge < -0.3 is 13.4 Å². The van der Waals surface area contributed by atoms with Gasteiger partial charge in [0.25, 0.3) is 0 Å². The van der Waals surface area contributed by atoms with E-state index in [0.29, 0.717) is 34.4 Å². The molecule has 29 heavy (non-hydrogen) atoms. The molecule has 0 aliphatic heterocycles. The van der Waals surface area contributed by atoms with Crippen LogP contribution in [0.1, 0.15) is 22.8 Å². The SMILES string of the molecule is Cc1nn(Cc2cc(-c3ccco3)on2)c(C)c1S(=O)(=O)N(C)Cc1ccco1. The van der Waals surface area contributed by atoms with Gasteiger partial charge in [0.05, 0.1) is 37.0 Å². The van der Waals surface area contributed by atoms with E-state index in [1.807, 2.05) is 0 Å². The van der Waals surface area contributed by atoms with Gasteiger partial charge in [-0.25, -0.2) is 8.42 Å². The highest BCUT2D eigenvalue weighted by atomic mass is 32.2. The van der Waals surface area contributed by atoms with Crippen molar-refractivity contribution in [3.8, 4) is 11.5 Å². The quantitative estimate of drug-likeness (QED) is 0.455. The first-order chi connectivity index (χ1) is 13.9. The van der Waals surface area contributed by atoms with Gasteiger partial charge in [-0.1, -0.05) is 5.16 Å². The van der Waals surface area contributed by atoms with Crippen molar-refractivity contribution < 1.29 is 21.8 Å². The normalized spacial score (nSPS) is 12.1. The van der Waals surface area contributed by atoms with E-state index in [4.69, 9.17) is 13.4 Å². The average Bonchev–Trinajstić information content (AvgIpc) is 3.44. The van der Waals surface area contributed by atoms with Crippen LogP contribution in [0, 0.1) is 13.8 Å². The summed E-state index contributed by atoms with van der Waals surface area (Å²) >= 11 is 0. The van der Waals surface area contributed by atoms with Crippen molar-refractivity contribution in [2.24, 2.45) is 0 Å². The van der Waals surface area contributed by atoms with Gasteiger partial charge in [0.2, 0.25) is 15.8 Å². The summed E-state index contributed by atoms with van der Waals surface area (Å²) in [5, 5.41) is 8.43. The molecule has 0 saturated heterocycles. The first kappa shape index (κ1) is 19.2. The Bertz CT molecular complexity index is 1200. The highest BCUT2D eigenvalue weighted by Crippen LogP contribution is 2.26. The average molecular weight is 416 g/mol. The van der Waals surface area contributed by atoms with Crippen LogP contribution in [-0.2, 0) is 23.1 Å². The van der Waals surface area contributed by atoms with E-state index < -0.39 is 10.0 Å². The molecule has 10 heteroatoms. The van der Waals surface area contributed by atoms with Crippen molar-refractivity contribution in [3.63, 3.8) is 0 Å². The van der Waals surface area contributed by atoms with Crippen LogP contribution in [0.25, 0.3) is 11.5 Å². The standard InChI is InChI=1S/C19H20N4O5S/c1-13-19(29(24,25)22(3)12-16-6-4-8-26-16)14(2)23(20-13)11-15-10-18(28-21-15)17-7-5-9-27-17/h4-10H,11-12H2,1-3H3. The molecular formula is C19H20N4O5S. The highest BCUT2D eigenvalue weighted by Gasteiger charge is 2.29. The van der Waals surface area contributed by atoms with E-state index in [-0.39, 0.29) is 18.0 Å². The number of aryl methyl sites for hydroxylation is 1. The molecule has 152 valence electrons. The Balaban J connectivity index is 1.59. The molecule has 0 amide bonds. The second-order valence-corrected chi connectivity index (χ2v) is 8.64. The van der Waals surface area contributed by atoms with E-state index in [0.717, 1.165) is 0 Å². The molecule has 0 atom stereocenters. The van der Waals surface area contributed by atoms with Gasteiger partial charge in [0.15, 0.2) is 5.76 Å². The summed E-state index contributed by atoms with van der Waals surface area (Å²) in [5.74, 6) is 1.63. The van der Waals surface area contributed by atoms with Crippen molar-refractivity contribution in [2.75, 3.05) is 7.05 Å². The van der Waals surface area contributed by atoms with Crippen molar-refractivity contribution in [1.82, 2.24) is 19.2 Å². The molecule has 0 radical (unpaired) electrons. The Morgan fingerprint density at radius 3 is 2.55 bits per heavy atom. The van der Waals surface area contributed by atoms with Crippen LogP contribution in [0.3, 0.4) is 0 Å². The van der Waals surface area contributed by atoms with Crippen molar-refractivity contribution in [2.45, 2.75) is 31.8 Å². The molecule has 0 aliphatic carbocycles. The number of rotatable bonds is 7. The second-order valence-electron chi connectivity index (χ2n) is 6.66. The maximum absolute atomic E-state index is 13.1. The molecule has 4 rings (SSSR count). The van der Waals surface area contributed by atoms with Crippen LogP contribution in [0.4, 0.5) is 0 Å².